The molecule has 0 radical (unpaired) electrons. The van der Waals surface area contributed by atoms with Gasteiger partial charge in [-0.1, -0.05) is 28.1 Å². The predicted octanol–water partition coefficient (Wildman–Crippen LogP) is 2.25. The number of aliphatic hydroxyl groups is 1. The molecular weight excluding hydrogens is 292 g/mol. The molecule has 3 N–H and O–H groups in total. The Morgan fingerprint density at radius 3 is 2.67 bits per heavy atom. The number of piperidine rings is 1. The second-order valence-electron chi connectivity index (χ2n) is 5.11. The number of likely N-dealkylation sites (tertiary alicyclic amines) is 1. The van der Waals surface area contributed by atoms with Gasteiger partial charge in [0.1, 0.15) is 0 Å². The fourth-order valence-corrected chi connectivity index (χ4v) is 3.26. The first-order valence-corrected chi connectivity index (χ1v) is 7.27. The van der Waals surface area contributed by atoms with E-state index in [-0.39, 0.29) is 6.54 Å². The van der Waals surface area contributed by atoms with E-state index in [4.69, 9.17) is 5.73 Å². The van der Waals surface area contributed by atoms with E-state index in [1.165, 1.54) is 18.4 Å². The summed E-state index contributed by atoms with van der Waals surface area (Å²) < 4.78 is 1.10. The van der Waals surface area contributed by atoms with E-state index in [1.807, 2.05) is 12.1 Å². The summed E-state index contributed by atoms with van der Waals surface area (Å²) in [5.41, 5.74) is 7.73. The minimum absolute atomic E-state index is 0.264. The normalized spacial score (nSPS) is 20.0. The summed E-state index contributed by atoms with van der Waals surface area (Å²) in [4.78, 5) is 2.37. The van der Waals surface area contributed by atoms with Crippen LogP contribution in [0.15, 0.2) is 22.7 Å². The van der Waals surface area contributed by atoms with Crippen LogP contribution >= 0.6 is 15.9 Å². The lowest BCUT2D eigenvalue weighted by Crippen LogP contribution is -2.29. The number of nitrogens with zero attached hydrogens (tertiary/aromatic N) is 1. The van der Waals surface area contributed by atoms with Crippen LogP contribution in [0.2, 0.25) is 0 Å². The smallest absolute Gasteiger partial charge is 0.0912 e. The van der Waals surface area contributed by atoms with Gasteiger partial charge in [-0.15, -0.1) is 0 Å². The maximum Gasteiger partial charge on any atom is 0.0912 e. The topological polar surface area (TPSA) is 49.5 Å². The van der Waals surface area contributed by atoms with Crippen molar-refractivity contribution in [1.29, 1.82) is 0 Å². The summed E-state index contributed by atoms with van der Waals surface area (Å²) >= 11 is 3.63. The molecule has 0 amide bonds. The summed E-state index contributed by atoms with van der Waals surface area (Å²) in [5, 5.41) is 9.74. The molecule has 100 valence electrons. The van der Waals surface area contributed by atoms with Crippen LogP contribution in [-0.4, -0.2) is 36.7 Å². The zero-order chi connectivity index (χ0) is 13.1. The van der Waals surface area contributed by atoms with Crippen molar-refractivity contribution in [3.05, 3.63) is 33.8 Å². The van der Waals surface area contributed by atoms with Gasteiger partial charge in [0.15, 0.2) is 0 Å². The molecule has 0 saturated carbocycles. The molecule has 1 aromatic carbocycles. The predicted molar refractivity (Wildman–Crippen MR) is 77.6 cm³/mol. The fraction of sp³-hybridized carbons (Fsp3) is 0.571. The highest BCUT2D eigenvalue weighted by Gasteiger charge is 2.20. The van der Waals surface area contributed by atoms with Crippen LogP contribution in [0.4, 0.5) is 0 Å². The van der Waals surface area contributed by atoms with Crippen LogP contribution in [0.5, 0.6) is 0 Å². The van der Waals surface area contributed by atoms with Crippen molar-refractivity contribution < 1.29 is 5.11 Å². The Kier molecular flexibility index (Phi) is 4.78. The molecule has 3 nitrogen and oxygen atoms in total. The van der Waals surface area contributed by atoms with Gasteiger partial charge in [-0.3, -0.25) is 0 Å². The molecule has 0 aliphatic carbocycles. The van der Waals surface area contributed by atoms with Crippen molar-refractivity contribution in [3.8, 4) is 0 Å². The largest absolute Gasteiger partial charge is 0.387 e. The average Bonchev–Trinajstić information content (AvgIpc) is 2.39. The fourth-order valence-electron chi connectivity index (χ4n) is 2.54. The molecule has 1 saturated heterocycles. The molecule has 1 aromatic rings. The summed E-state index contributed by atoms with van der Waals surface area (Å²) in [6.45, 7) is 2.58. The number of aliphatic hydroxyl groups excluding tert-OH is 1. The van der Waals surface area contributed by atoms with E-state index in [9.17, 15) is 5.11 Å². The van der Waals surface area contributed by atoms with Gasteiger partial charge >= 0.3 is 0 Å². The number of hydrogen-bond donors (Lipinski definition) is 2. The Morgan fingerprint density at radius 2 is 2.11 bits per heavy atom. The van der Waals surface area contributed by atoms with Gasteiger partial charge in [0.25, 0.3) is 0 Å². The first-order chi connectivity index (χ1) is 8.61. The SMILES string of the molecule is CN1CCC(c2ccc(C(O)CN)cc2Br)CC1. The summed E-state index contributed by atoms with van der Waals surface area (Å²) in [7, 11) is 2.17. The monoisotopic (exact) mass is 312 g/mol. The average molecular weight is 313 g/mol. The molecule has 18 heavy (non-hydrogen) atoms. The first-order valence-electron chi connectivity index (χ1n) is 6.48. The first kappa shape index (κ1) is 14.0. The summed E-state index contributed by atoms with van der Waals surface area (Å²) in [6, 6.07) is 6.13. The maximum absolute atomic E-state index is 9.74. The van der Waals surface area contributed by atoms with Crippen molar-refractivity contribution >= 4 is 15.9 Å². The quantitative estimate of drug-likeness (QED) is 0.900. The second-order valence-corrected chi connectivity index (χ2v) is 5.96. The third-order valence-corrected chi connectivity index (χ3v) is 4.48. The van der Waals surface area contributed by atoms with Gasteiger partial charge in [0.05, 0.1) is 6.10 Å². The zero-order valence-corrected chi connectivity index (χ0v) is 12.4. The number of hydrogen-bond acceptors (Lipinski definition) is 3. The highest BCUT2D eigenvalue weighted by atomic mass is 79.9. The van der Waals surface area contributed by atoms with Crippen LogP contribution in [-0.2, 0) is 0 Å². The molecule has 2 rings (SSSR count). The second kappa shape index (κ2) is 6.15. The van der Waals surface area contributed by atoms with E-state index >= 15 is 0 Å². The minimum atomic E-state index is -0.562. The number of rotatable bonds is 3. The molecular formula is C14H21BrN2O. The Morgan fingerprint density at radius 1 is 1.44 bits per heavy atom. The van der Waals surface area contributed by atoms with Gasteiger partial charge in [-0.2, -0.15) is 0 Å². The number of benzene rings is 1. The van der Waals surface area contributed by atoms with Gasteiger partial charge in [-0.25, -0.2) is 0 Å². The van der Waals surface area contributed by atoms with Gasteiger partial charge < -0.3 is 15.7 Å². The number of nitrogens with two attached hydrogens (primary N) is 1. The van der Waals surface area contributed by atoms with Crippen LogP contribution in [0.25, 0.3) is 0 Å². The van der Waals surface area contributed by atoms with Crippen molar-refractivity contribution in [1.82, 2.24) is 4.90 Å². The lowest BCUT2D eigenvalue weighted by molar-refractivity contribution is 0.186. The highest BCUT2D eigenvalue weighted by Crippen LogP contribution is 2.34. The summed E-state index contributed by atoms with van der Waals surface area (Å²) in [6.07, 6.45) is 1.84. The molecule has 4 heteroatoms. The lowest BCUT2D eigenvalue weighted by Gasteiger charge is -2.30. The molecule has 1 aliphatic rings. The van der Waals surface area contributed by atoms with Crippen molar-refractivity contribution in [2.45, 2.75) is 24.9 Å². The van der Waals surface area contributed by atoms with E-state index in [0.29, 0.717) is 5.92 Å². The van der Waals surface area contributed by atoms with Crippen LogP contribution in [0.3, 0.4) is 0 Å². The molecule has 0 spiro atoms. The van der Waals surface area contributed by atoms with Crippen molar-refractivity contribution in [3.63, 3.8) is 0 Å². The van der Waals surface area contributed by atoms with E-state index in [0.717, 1.165) is 23.1 Å². The minimum Gasteiger partial charge on any atom is -0.387 e. The van der Waals surface area contributed by atoms with Crippen molar-refractivity contribution in [2.75, 3.05) is 26.7 Å². The molecule has 0 aromatic heterocycles. The molecule has 1 atom stereocenters. The zero-order valence-electron chi connectivity index (χ0n) is 10.8. The van der Waals surface area contributed by atoms with Crippen LogP contribution in [0.1, 0.15) is 36.0 Å². The van der Waals surface area contributed by atoms with Gasteiger partial charge in [0, 0.05) is 11.0 Å². The third-order valence-electron chi connectivity index (χ3n) is 3.79. The Bertz CT molecular complexity index is 403. The molecule has 0 bridgehead atoms. The number of halogens is 1. The molecule has 1 unspecified atom stereocenters. The van der Waals surface area contributed by atoms with E-state index in [1.54, 1.807) is 0 Å². The Labute approximate surface area is 117 Å². The lowest BCUT2D eigenvalue weighted by atomic mass is 9.89. The van der Waals surface area contributed by atoms with E-state index in [2.05, 4.69) is 33.9 Å². The standard InChI is InChI=1S/C14H21BrN2O/c1-17-6-4-10(5-7-17)12-3-2-11(8-13(12)15)14(18)9-16/h2-3,8,10,14,18H,4-7,9,16H2,1H3. The molecule has 1 fully saturated rings. The Balaban J connectivity index is 2.14. The third kappa shape index (κ3) is 3.12. The van der Waals surface area contributed by atoms with Crippen molar-refractivity contribution in [2.24, 2.45) is 5.73 Å². The van der Waals surface area contributed by atoms with Crippen LogP contribution < -0.4 is 5.73 Å². The Hall–Kier alpha value is -0.420. The highest BCUT2D eigenvalue weighted by molar-refractivity contribution is 9.10. The maximum atomic E-state index is 9.74. The molecule has 1 aliphatic heterocycles. The van der Waals surface area contributed by atoms with Gasteiger partial charge in [0.2, 0.25) is 0 Å². The summed E-state index contributed by atoms with van der Waals surface area (Å²) in [5.74, 6) is 0.625. The molecule has 1 heterocycles. The van der Waals surface area contributed by atoms with E-state index < -0.39 is 6.10 Å². The van der Waals surface area contributed by atoms with Crippen LogP contribution in [0, 0.1) is 0 Å². The van der Waals surface area contributed by atoms with Gasteiger partial charge in [-0.05, 0) is 56.1 Å².